The Balaban J connectivity index is 1.89. The Morgan fingerprint density at radius 2 is 2.00 bits per heavy atom. The summed E-state index contributed by atoms with van der Waals surface area (Å²) in [5.41, 5.74) is 3.50. The molecule has 0 aliphatic heterocycles. The van der Waals surface area contributed by atoms with Crippen molar-refractivity contribution < 1.29 is 0 Å². The first kappa shape index (κ1) is 11.9. The van der Waals surface area contributed by atoms with E-state index in [0.29, 0.717) is 0 Å². The second-order valence-corrected chi connectivity index (χ2v) is 4.21. The lowest BCUT2D eigenvalue weighted by Crippen LogP contribution is -2.14. The predicted molar refractivity (Wildman–Crippen MR) is 66.3 cm³/mol. The van der Waals surface area contributed by atoms with E-state index in [4.69, 9.17) is 0 Å². The fraction of sp³-hybridized carbons (Fsp3) is 0.500. The van der Waals surface area contributed by atoms with E-state index in [9.17, 15) is 0 Å². The summed E-state index contributed by atoms with van der Waals surface area (Å²) in [5, 5.41) is 12.1. The molecule has 2 rings (SSSR count). The average Bonchev–Trinajstić information content (AvgIpc) is 2.85. The lowest BCUT2D eigenvalue weighted by atomic mass is 10.2. The first-order chi connectivity index (χ1) is 8.19. The number of hydrogen-bond donors (Lipinski definition) is 1. The van der Waals surface area contributed by atoms with Gasteiger partial charge in [0.05, 0.1) is 11.4 Å². The molecule has 0 saturated heterocycles. The maximum atomic E-state index is 4.42. The molecule has 5 heteroatoms. The van der Waals surface area contributed by atoms with Crippen molar-refractivity contribution in [2.45, 2.75) is 26.4 Å². The Kier molecular flexibility index (Phi) is 3.58. The summed E-state index contributed by atoms with van der Waals surface area (Å²) < 4.78 is 3.69. The largest absolute Gasteiger partial charge is 0.307 e. The highest BCUT2D eigenvalue weighted by Crippen LogP contribution is 2.06. The molecule has 1 N–H and O–H groups in total. The Bertz CT molecular complexity index is 483. The lowest BCUT2D eigenvalue weighted by Gasteiger charge is -2.02. The fourth-order valence-electron chi connectivity index (χ4n) is 1.91. The average molecular weight is 233 g/mol. The Hall–Kier alpha value is -1.62. The van der Waals surface area contributed by atoms with Crippen molar-refractivity contribution in [1.82, 2.24) is 24.9 Å². The minimum atomic E-state index is 0.791. The van der Waals surface area contributed by atoms with Gasteiger partial charge in [-0.3, -0.25) is 9.36 Å². The van der Waals surface area contributed by atoms with Gasteiger partial charge in [-0.15, -0.1) is 0 Å². The van der Waals surface area contributed by atoms with E-state index in [1.54, 1.807) is 0 Å². The van der Waals surface area contributed by atoms with Crippen LogP contribution in [-0.4, -0.2) is 19.6 Å². The van der Waals surface area contributed by atoms with E-state index in [0.717, 1.165) is 25.2 Å². The molecule has 0 bridgehead atoms. The van der Waals surface area contributed by atoms with Crippen LogP contribution < -0.4 is 5.32 Å². The third-order valence-corrected chi connectivity index (χ3v) is 2.72. The van der Waals surface area contributed by atoms with Crippen LogP contribution in [0.3, 0.4) is 0 Å². The van der Waals surface area contributed by atoms with Crippen LogP contribution in [0.2, 0.25) is 0 Å². The van der Waals surface area contributed by atoms with E-state index in [1.165, 1.54) is 11.3 Å². The van der Waals surface area contributed by atoms with Crippen molar-refractivity contribution in [2.75, 3.05) is 0 Å². The molecule has 0 amide bonds. The van der Waals surface area contributed by atoms with Crippen LogP contribution in [0, 0.1) is 0 Å². The maximum Gasteiger partial charge on any atom is 0.0762 e. The zero-order chi connectivity index (χ0) is 12.3. The smallest absolute Gasteiger partial charge is 0.0762 e. The summed E-state index contributed by atoms with van der Waals surface area (Å²) >= 11 is 0. The topological polar surface area (TPSA) is 47.7 Å². The summed E-state index contributed by atoms with van der Waals surface area (Å²) in [6.07, 6.45) is 5.00. The SMILES string of the molecule is CCc1nn(C)cc1CNCc1ccn(C)n1. The highest BCUT2D eigenvalue weighted by Gasteiger charge is 2.05. The summed E-state index contributed by atoms with van der Waals surface area (Å²) in [6.45, 7) is 3.76. The molecule has 0 aromatic carbocycles. The van der Waals surface area contributed by atoms with Crippen LogP contribution in [0.25, 0.3) is 0 Å². The van der Waals surface area contributed by atoms with Crippen LogP contribution in [0.15, 0.2) is 18.5 Å². The van der Waals surface area contributed by atoms with Gasteiger partial charge in [-0.25, -0.2) is 0 Å². The van der Waals surface area contributed by atoms with Gasteiger partial charge in [0.25, 0.3) is 0 Å². The van der Waals surface area contributed by atoms with Gasteiger partial charge in [-0.05, 0) is 12.5 Å². The van der Waals surface area contributed by atoms with Crippen molar-refractivity contribution in [3.05, 3.63) is 35.4 Å². The van der Waals surface area contributed by atoms with Crippen LogP contribution in [-0.2, 0) is 33.6 Å². The molecule has 92 valence electrons. The van der Waals surface area contributed by atoms with Crippen LogP contribution in [0.1, 0.15) is 23.9 Å². The molecule has 2 heterocycles. The summed E-state index contributed by atoms with van der Waals surface area (Å²) in [7, 11) is 3.89. The van der Waals surface area contributed by atoms with Crippen LogP contribution in [0.5, 0.6) is 0 Å². The Morgan fingerprint density at radius 1 is 1.18 bits per heavy atom. The molecular weight excluding hydrogens is 214 g/mol. The van der Waals surface area contributed by atoms with Crippen molar-refractivity contribution in [3.8, 4) is 0 Å². The Labute approximate surface area is 101 Å². The van der Waals surface area contributed by atoms with Crippen LogP contribution >= 0.6 is 0 Å². The minimum absolute atomic E-state index is 0.791. The van der Waals surface area contributed by atoms with Crippen molar-refractivity contribution >= 4 is 0 Å². The predicted octanol–water partition coefficient (Wildman–Crippen LogP) is 1.01. The van der Waals surface area contributed by atoms with Crippen molar-refractivity contribution in [1.29, 1.82) is 0 Å². The molecule has 0 fully saturated rings. The van der Waals surface area contributed by atoms with Gasteiger partial charge >= 0.3 is 0 Å². The van der Waals surface area contributed by atoms with Crippen LogP contribution in [0.4, 0.5) is 0 Å². The molecule has 0 aliphatic carbocycles. The molecule has 2 aromatic rings. The van der Waals surface area contributed by atoms with E-state index in [1.807, 2.05) is 35.7 Å². The van der Waals surface area contributed by atoms with E-state index in [-0.39, 0.29) is 0 Å². The number of nitrogens with zero attached hydrogens (tertiary/aromatic N) is 4. The fourth-order valence-corrected chi connectivity index (χ4v) is 1.91. The minimum Gasteiger partial charge on any atom is -0.307 e. The third kappa shape index (κ3) is 2.94. The second kappa shape index (κ2) is 5.14. The monoisotopic (exact) mass is 233 g/mol. The van der Waals surface area contributed by atoms with Crippen molar-refractivity contribution in [2.24, 2.45) is 14.1 Å². The van der Waals surface area contributed by atoms with E-state index in [2.05, 4.69) is 28.6 Å². The summed E-state index contributed by atoms with van der Waals surface area (Å²) in [5.74, 6) is 0. The standard InChI is InChI=1S/C12H19N5/c1-4-12-10(9-17(3)15-12)7-13-8-11-5-6-16(2)14-11/h5-6,9,13H,4,7-8H2,1-3H3. The highest BCUT2D eigenvalue weighted by molar-refractivity contribution is 5.16. The van der Waals surface area contributed by atoms with Crippen molar-refractivity contribution in [3.63, 3.8) is 0 Å². The molecule has 2 aromatic heterocycles. The zero-order valence-corrected chi connectivity index (χ0v) is 10.6. The Morgan fingerprint density at radius 3 is 2.65 bits per heavy atom. The van der Waals surface area contributed by atoms with Gasteiger partial charge in [-0.2, -0.15) is 10.2 Å². The molecule has 5 nitrogen and oxygen atoms in total. The van der Waals surface area contributed by atoms with Gasteiger partial charge in [0.1, 0.15) is 0 Å². The second-order valence-electron chi connectivity index (χ2n) is 4.21. The number of aromatic nitrogens is 4. The van der Waals surface area contributed by atoms with Gasteiger partial charge < -0.3 is 5.32 Å². The number of nitrogens with one attached hydrogen (secondary N) is 1. The molecular formula is C12H19N5. The zero-order valence-electron chi connectivity index (χ0n) is 10.6. The highest BCUT2D eigenvalue weighted by atomic mass is 15.3. The van der Waals surface area contributed by atoms with Gasteiger partial charge in [0.2, 0.25) is 0 Å². The number of rotatable bonds is 5. The normalized spacial score (nSPS) is 11.0. The molecule has 0 spiro atoms. The maximum absolute atomic E-state index is 4.42. The number of aryl methyl sites for hydroxylation is 3. The van der Waals surface area contributed by atoms with E-state index >= 15 is 0 Å². The molecule has 0 saturated carbocycles. The quantitative estimate of drug-likeness (QED) is 0.838. The lowest BCUT2D eigenvalue weighted by molar-refractivity contribution is 0.653. The van der Waals surface area contributed by atoms with Gasteiger partial charge in [0, 0.05) is 45.1 Å². The van der Waals surface area contributed by atoms with Gasteiger partial charge in [0.15, 0.2) is 0 Å². The first-order valence-corrected chi connectivity index (χ1v) is 5.89. The molecule has 17 heavy (non-hydrogen) atoms. The third-order valence-electron chi connectivity index (χ3n) is 2.72. The first-order valence-electron chi connectivity index (χ1n) is 5.89. The molecule has 0 unspecified atom stereocenters. The number of hydrogen-bond acceptors (Lipinski definition) is 3. The summed E-state index contributed by atoms with van der Waals surface area (Å²) in [6, 6.07) is 2.02. The molecule has 0 radical (unpaired) electrons. The molecule has 0 atom stereocenters. The summed E-state index contributed by atoms with van der Waals surface area (Å²) in [4.78, 5) is 0. The molecule has 0 aliphatic rings. The van der Waals surface area contributed by atoms with E-state index < -0.39 is 0 Å². The van der Waals surface area contributed by atoms with Gasteiger partial charge in [-0.1, -0.05) is 6.92 Å².